The highest BCUT2D eigenvalue weighted by atomic mass is 127. The van der Waals surface area contributed by atoms with E-state index >= 15 is 0 Å². The standard InChI is InChI=1S/C22H36N4.HI/c1-3-18-9-5-6-10-19(18)17-24-22(23-4-2)25-20-13-15-26(16-14-20)21-11-7-8-12-21;/h5-6,9-10,20-21H,3-4,7-8,11-17H2,1-2H3,(H2,23,24,25);1H. The van der Waals surface area contributed by atoms with Gasteiger partial charge in [0.25, 0.3) is 0 Å². The maximum absolute atomic E-state index is 4.86. The lowest BCUT2D eigenvalue weighted by Crippen LogP contribution is -2.50. The second-order valence-corrected chi connectivity index (χ2v) is 7.71. The van der Waals surface area contributed by atoms with Crippen LogP contribution < -0.4 is 10.6 Å². The van der Waals surface area contributed by atoms with Crippen molar-refractivity contribution in [2.24, 2.45) is 4.99 Å². The lowest BCUT2D eigenvalue weighted by atomic mass is 10.0. The van der Waals surface area contributed by atoms with Crippen LogP contribution in [0.25, 0.3) is 0 Å². The van der Waals surface area contributed by atoms with E-state index in [2.05, 4.69) is 53.6 Å². The van der Waals surface area contributed by atoms with Crippen LogP contribution in [-0.2, 0) is 13.0 Å². The van der Waals surface area contributed by atoms with E-state index in [0.29, 0.717) is 6.04 Å². The number of aryl methyl sites for hydroxylation is 1. The summed E-state index contributed by atoms with van der Waals surface area (Å²) in [5.74, 6) is 0.970. The number of piperidine rings is 1. The van der Waals surface area contributed by atoms with Crippen LogP contribution >= 0.6 is 24.0 Å². The number of hydrogen-bond acceptors (Lipinski definition) is 2. The molecule has 5 heteroatoms. The molecule has 0 atom stereocenters. The van der Waals surface area contributed by atoms with E-state index in [0.717, 1.165) is 31.5 Å². The fraction of sp³-hybridized carbons (Fsp3) is 0.682. The van der Waals surface area contributed by atoms with Gasteiger partial charge in [-0.2, -0.15) is 0 Å². The zero-order valence-electron chi connectivity index (χ0n) is 17.0. The van der Waals surface area contributed by atoms with Crippen molar-refractivity contribution in [1.82, 2.24) is 15.5 Å². The topological polar surface area (TPSA) is 39.7 Å². The van der Waals surface area contributed by atoms with Gasteiger partial charge < -0.3 is 15.5 Å². The first-order chi connectivity index (χ1) is 12.8. The van der Waals surface area contributed by atoms with Crippen molar-refractivity contribution in [2.45, 2.75) is 77.4 Å². The fourth-order valence-corrected chi connectivity index (χ4v) is 4.41. The Bertz CT molecular complexity index is 575. The second-order valence-electron chi connectivity index (χ2n) is 7.71. The molecule has 1 aromatic carbocycles. The Labute approximate surface area is 182 Å². The molecule has 1 saturated heterocycles. The van der Waals surface area contributed by atoms with Crippen LogP contribution in [0.2, 0.25) is 0 Å². The average Bonchev–Trinajstić information content (AvgIpc) is 3.22. The summed E-state index contributed by atoms with van der Waals surface area (Å²) >= 11 is 0. The summed E-state index contributed by atoms with van der Waals surface area (Å²) in [7, 11) is 0. The Morgan fingerprint density at radius 2 is 1.70 bits per heavy atom. The Balaban J connectivity index is 0.00000261. The lowest BCUT2D eigenvalue weighted by molar-refractivity contribution is 0.150. The number of rotatable bonds is 6. The van der Waals surface area contributed by atoms with E-state index < -0.39 is 0 Å². The molecule has 2 N–H and O–H groups in total. The summed E-state index contributed by atoms with van der Waals surface area (Å²) in [6, 6.07) is 10.1. The Morgan fingerprint density at radius 3 is 2.33 bits per heavy atom. The molecule has 2 aliphatic rings. The summed E-state index contributed by atoms with van der Waals surface area (Å²) in [6.07, 6.45) is 9.21. The number of likely N-dealkylation sites (tertiary alicyclic amines) is 1. The Kier molecular flexibility index (Phi) is 9.90. The summed E-state index contributed by atoms with van der Waals surface area (Å²) in [6.45, 7) is 8.48. The molecule has 2 fully saturated rings. The van der Waals surface area contributed by atoms with Crippen LogP contribution in [0.5, 0.6) is 0 Å². The van der Waals surface area contributed by atoms with E-state index in [9.17, 15) is 0 Å². The Hall–Kier alpha value is -0.820. The molecule has 0 bridgehead atoms. The predicted molar refractivity (Wildman–Crippen MR) is 126 cm³/mol. The van der Waals surface area contributed by atoms with E-state index in [1.165, 1.54) is 62.7 Å². The number of hydrogen-bond donors (Lipinski definition) is 2. The van der Waals surface area contributed by atoms with Crippen molar-refractivity contribution in [1.29, 1.82) is 0 Å². The monoisotopic (exact) mass is 484 g/mol. The molecule has 1 aromatic rings. The van der Waals surface area contributed by atoms with E-state index in [-0.39, 0.29) is 24.0 Å². The largest absolute Gasteiger partial charge is 0.357 e. The highest BCUT2D eigenvalue weighted by Crippen LogP contribution is 2.26. The van der Waals surface area contributed by atoms with Crippen molar-refractivity contribution in [3.63, 3.8) is 0 Å². The van der Waals surface area contributed by atoms with Gasteiger partial charge in [0.1, 0.15) is 0 Å². The third-order valence-electron chi connectivity index (χ3n) is 5.96. The number of aliphatic imine (C=N–C) groups is 1. The van der Waals surface area contributed by atoms with Gasteiger partial charge in [-0.3, -0.25) is 0 Å². The van der Waals surface area contributed by atoms with Crippen molar-refractivity contribution in [3.05, 3.63) is 35.4 Å². The van der Waals surface area contributed by atoms with E-state index in [4.69, 9.17) is 4.99 Å². The summed E-state index contributed by atoms with van der Waals surface area (Å²) in [4.78, 5) is 7.59. The molecular formula is C22H37IN4. The molecule has 0 aromatic heterocycles. The third-order valence-corrected chi connectivity index (χ3v) is 5.96. The number of guanidine groups is 1. The van der Waals surface area contributed by atoms with Crippen molar-refractivity contribution in [2.75, 3.05) is 19.6 Å². The quantitative estimate of drug-likeness (QED) is 0.359. The minimum atomic E-state index is 0. The van der Waals surface area contributed by atoms with Crippen molar-refractivity contribution >= 4 is 29.9 Å². The first-order valence-electron chi connectivity index (χ1n) is 10.7. The fourth-order valence-electron chi connectivity index (χ4n) is 4.41. The number of nitrogens with zero attached hydrogens (tertiary/aromatic N) is 2. The molecular weight excluding hydrogens is 447 g/mol. The highest BCUT2D eigenvalue weighted by Gasteiger charge is 2.27. The van der Waals surface area contributed by atoms with E-state index in [1.807, 2.05) is 0 Å². The molecule has 1 aliphatic heterocycles. The van der Waals surface area contributed by atoms with Gasteiger partial charge in [-0.25, -0.2) is 4.99 Å². The molecule has 3 rings (SSSR count). The SMILES string of the molecule is CCNC(=NCc1ccccc1CC)NC1CCN(C2CCCC2)CC1.I. The summed E-state index contributed by atoms with van der Waals surface area (Å²) in [5, 5.41) is 7.12. The minimum Gasteiger partial charge on any atom is -0.357 e. The maximum atomic E-state index is 4.86. The highest BCUT2D eigenvalue weighted by molar-refractivity contribution is 14.0. The first-order valence-corrected chi connectivity index (χ1v) is 10.7. The zero-order valence-corrected chi connectivity index (χ0v) is 19.4. The molecule has 0 radical (unpaired) electrons. The van der Waals surface area contributed by atoms with Crippen LogP contribution in [0.15, 0.2) is 29.3 Å². The zero-order chi connectivity index (χ0) is 18.2. The van der Waals surface area contributed by atoms with Gasteiger partial charge in [-0.1, -0.05) is 44.0 Å². The van der Waals surface area contributed by atoms with Gasteiger partial charge in [0, 0.05) is 31.7 Å². The molecule has 27 heavy (non-hydrogen) atoms. The van der Waals surface area contributed by atoms with Gasteiger partial charge in [0.05, 0.1) is 6.54 Å². The molecule has 1 aliphatic carbocycles. The first kappa shape index (κ1) is 22.5. The lowest BCUT2D eigenvalue weighted by Gasteiger charge is -2.36. The summed E-state index contributed by atoms with van der Waals surface area (Å²) < 4.78 is 0. The van der Waals surface area contributed by atoms with Crippen molar-refractivity contribution in [3.8, 4) is 0 Å². The van der Waals surface area contributed by atoms with Gasteiger partial charge in [-0.15, -0.1) is 24.0 Å². The molecule has 0 unspecified atom stereocenters. The number of benzene rings is 1. The molecule has 152 valence electrons. The smallest absolute Gasteiger partial charge is 0.191 e. The van der Waals surface area contributed by atoms with Gasteiger partial charge >= 0.3 is 0 Å². The summed E-state index contributed by atoms with van der Waals surface area (Å²) in [5.41, 5.74) is 2.74. The number of halogens is 1. The predicted octanol–water partition coefficient (Wildman–Crippen LogP) is 4.33. The molecule has 4 nitrogen and oxygen atoms in total. The maximum Gasteiger partial charge on any atom is 0.191 e. The minimum absolute atomic E-state index is 0. The average molecular weight is 484 g/mol. The van der Waals surface area contributed by atoms with Gasteiger partial charge in [-0.05, 0) is 50.2 Å². The molecule has 0 spiro atoms. The molecule has 1 heterocycles. The van der Waals surface area contributed by atoms with Crippen LogP contribution in [0.1, 0.15) is 63.5 Å². The van der Waals surface area contributed by atoms with Crippen LogP contribution in [-0.4, -0.2) is 42.6 Å². The van der Waals surface area contributed by atoms with Gasteiger partial charge in [0.2, 0.25) is 0 Å². The van der Waals surface area contributed by atoms with Gasteiger partial charge in [0.15, 0.2) is 5.96 Å². The van der Waals surface area contributed by atoms with E-state index in [1.54, 1.807) is 0 Å². The normalized spacial score (nSPS) is 19.7. The third kappa shape index (κ3) is 6.63. The molecule has 0 amide bonds. The van der Waals surface area contributed by atoms with Crippen molar-refractivity contribution < 1.29 is 0 Å². The molecule has 1 saturated carbocycles. The van der Waals surface area contributed by atoms with Crippen LogP contribution in [0, 0.1) is 0 Å². The van der Waals surface area contributed by atoms with Crippen LogP contribution in [0.3, 0.4) is 0 Å². The second kappa shape index (κ2) is 11.9. The number of nitrogens with one attached hydrogen (secondary N) is 2. The Morgan fingerprint density at radius 1 is 1.04 bits per heavy atom. The van der Waals surface area contributed by atoms with Crippen LogP contribution in [0.4, 0.5) is 0 Å².